The third-order valence-corrected chi connectivity index (χ3v) is 4.81. The van der Waals surface area contributed by atoms with Crippen molar-refractivity contribution in [1.29, 1.82) is 0 Å². The fourth-order valence-electron chi connectivity index (χ4n) is 2.55. The number of rotatable bonds is 9. The quantitative estimate of drug-likeness (QED) is 0.399. The molecule has 0 atom stereocenters. The Labute approximate surface area is 177 Å². The molecule has 0 bridgehead atoms. The van der Waals surface area contributed by atoms with Crippen molar-refractivity contribution < 1.29 is 52.4 Å². The van der Waals surface area contributed by atoms with E-state index < -0.39 is 10.1 Å². The minimum absolute atomic E-state index is 0. The molecule has 2 aromatic rings. The first-order valence-electron chi connectivity index (χ1n) is 8.45. The second-order valence-electron chi connectivity index (χ2n) is 5.98. The zero-order valence-electron chi connectivity index (χ0n) is 15.3. The molecule has 1 N–H and O–H groups in total. The fraction of sp³-hybridized carbons (Fsp3) is 0.368. The Bertz CT molecular complexity index is 788. The molecule has 0 saturated heterocycles. The molecule has 0 heterocycles. The monoisotopic (exact) mass is 386 g/mol. The Morgan fingerprint density at radius 3 is 2.19 bits per heavy atom. The van der Waals surface area contributed by atoms with Crippen molar-refractivity contribution in [2.24, 2.45) is 0 Å². The van der Waals surface area contributed by atoms with Crippen LogP contribution in [-0.4, -0.2) is 13.0 Å². The van der Waals surface area contributed by atoms with E-state index in [2.05, 4.69) is 6.92 Å². The van der Waals surface area contributed by atoms with Gasteiger partial charge >= 0.3 is 29.6 Å². The molecule has 0 aliphatic heterocycles. The van der Waals surface area contributed by atoms with Gasteiger partial charge in [0.2, 0.25) is 0 Å². The molecule has 7 heteroatoms. The number of ether oxygens (including phenoxy) is 1. The predicted molar refractivity (Wildman–Crippen MR) is 94.7 cm³/mol. The fourth-order valence-corrected chi connectivity index (χ4v) is 3.03. The van der Waals surface area contributed by atoms with Crippen LogP contribution in [0.2, 0.25) is 0 Å². The third-order valence-electron chi connectivity index (χ3n) is 3.94. The Hall–Kier alpha value is -1.05. The zero-order valence-corrected chi connectivity index (χ0v) is 18.1. The van der Waals surface area contributed by atoms with Crippen molar-refractivity contribution in [3.63, 3.8) is 0 Å². The van der Waals surface area contributed by atoms with Crippen LogP contribution in [0.4, 0.5) is 0 Å². The summed E-state index contributed by atoms with van der Waals surface area (Å²) in [4.78, 5) is -0.192. The molecule has 0 aliphatic rings. The van der Waals surface area contributed by atoms with E-state index in [1.807, 2.05) is 0 Å². The van der Waals surface area contributed by atoms with Crippen LogP contribution >= 0.6 is 0 Å². The molecular weight excluding hydrogens is 363 g/mol. The average molecular weight is 386 g/mol. The van der Waals surface area contributed by atoms with Gasteiger partial charge in [-0.1, -0.05) is 44.2 Å². The molecule has 0 amide bonds. The second-order valence-corrected chi connectivity index (χ2v) is 7.40. The molecule has 2 rings (SSSR count). The van der Waals surface area contributed by atoms with Crippen molar-refractivity contribution in [3.8, 4) is 17.2 Å². The molecule has 0 aromatic heterocycles. The topological polar surface area (TPSA) is 86.7 Å². The zero-order chi connectivity index (χ0) is 18.3. The summed E-state index contributed by atoms with van der Waals surface area (Å²) in [5.74, 6) is 0.965. The first-order chi connectivity index (χ1) is 11.9. The van der Waals surface area contributed by atoms with E-state index in [4.69, 9.17) is 9.29 Å². The maximum Gasteiger partial charge on any atom is 1.00 e. The van der Waals surface area contributed by atoms with Crippen LogP contribution in [0.5, 0.6) is 17.2 Å². The molecule has 26 heavy (non-hydrogen) atoms. The smallest absolute Gasteiger partial charge is 0.872 e. The summed E-state index contributed by atoms with van der Waals surface area (Å²) in [6, 6.07) is 10.3. The summed E-state index contributed by atoms with van der Waals surface area (Å²) in [5, 5.41) is 11.9. The van der Waals surface area contributed by atoms with Gasteiger partial charge in [-0.15, -0.1) is 5.75 Å². The van der Waals surface area contributed by atoms with Crippen LogP contribution in [-0.2, 0) is 16.5 Å². The van der Waals surface area contributed by atoms with E-state index in [9.17, 15) is 13.5 Å². The molecule has 0 radical (unpaired) electrons. The molecule has 136 valence electrons. The summed E-state index contributed by atoms with van der Waals surface area (Å²) in [6.07, 6.45) is 6.39. The summed E-state index contributed by atoms with van der Waals surface area (Å²) in [5.41, 5.74) is 0.726. The number of benzene rings is 2. The molecule has 0 saturated carbocycles. The van der Waals surface area contributed by atoms with Gasteiger partial charge < -0.3 is 9.84 Å². The summed E-state index contributed by atoms with van der Waals surface area (Å²) in [7, 11) is -4.22. The van der Waals surface area contributed by atoms with Gasteiger partial charge in [0, 0.05) is 0 Å². The molecule has 0 unspecified atom stereocenters. The Kier molecular flexibility index (Phi) is 9.68. The van der Waals surface area contributed by atoms with Gasteiger partial charge in [0.15, 0.2) is 0 Å². The standard InChI is InChI=1S/C19H24O5S.Na/c1-2-3-4-5-6-7-15-14-17(10-13-19(15)20)24-16-8-11-18(12-9-16)25(21,22)23;/h8-14,20H,2-7H2,1H3,(H,21,22,23);/q;+1/p-1. The Morgan fingerprint density at radius 1 is 0.962 bits per heavy atom. The van der Waals surface area contributed by atoms with Crippen molar-refractivity contribution in [1.82, 2.24) is 0 Å². The maximum absolute atomic E-state index is 11.9. The van der Waals surface area contributed by atoms with Crippen molar-refractivity contribution in [3.05, 3.63) is 48.0 Å². The van der Waals surface area contributed by atoms with Crippen molar-refractivity contribution in [2.75, 3.05) is 0 Å². The van der Waals surface area contributed by atoms with Crippen molar-refractivity contribution in [2.45, 2.75) is 50.3 Å². The van der Waals surface area contributed by atoms with Gasteiger partial charge in [0.05, 0.1) is 4.90 Å². The minimum atomic E-state index is -4.22. The Balaban J connectivity index is 0.00000338. The van der Waals surface area contributed by atoms with Gasteiger partial charge in [0.1, 0.15) is 11.5 Å². The number of hydrogen-bond acceptors (Lipinski definition) is 4. The second kappa shape index (κ2) is 10.9. The van der Waals surface area contributed by atoms with E-state index in [1.165, 1.54) is 49.6 Å². The first kappa shape index (κ1) is 23.0. The summed E-state index contributed by atoms with van der Waals surface area (Å²) < 4.78 is 36.7. The number of aryl methyl sites for hydroxylation is 1. The normalized spacial score (nSPS) is 11.0. The SMILES string of the molecule is CCCCCCCc1cc(Oc2ccc(S(=O)(=O)O)cc2)ccc1[O-].[Na+]. The average Bonchev–Trinajstić information content (AvgIpc) is 2.57. The minimum Gasteiger partial charge on any atom is -0.872 e. The van der Waals surface area contributed by atoms with Crippen LogP contribution < -0.4 is 39.4 Å². The van der Waals surface area contributed by atoms with Crippen LogP contribution in [0, 0.1) is 0 Å². The number of hydrogen-bond donors (Lipinski definition) is 1. The van der Waals surface area contributed by atoms with E-state index >= 15 is 0 Å². The molecule has 2 aromatic carbocycles. The summed E-state index contributed by atoms with van der Waals surface area (Å²) in [6.45, 7) is 2.17. The van der Waals surface area contributed by atoms with E-state index in [0.29, 0.717) is 11.5 Å². The Morgan fingerprint density at radius 2 is 1.58 bits per heavy atom. The molecular formula is C19H23NaO5S. The largest absolute Gasteiger partial charge is 1.00 e. The van der Waals surface area contributed by atoms with Gasteiger partial charge in [-0.2, -0.15) is 8.42 Å². The molecule has 5 nitrogen and oxygen atoms in total. The van der Waals surface area contributed by atoms with E-state index in [1.54, 1.807) is 12.1 Å². The van der Waals surface area contributed by atoms with E-state index in [-0.39, 0.29) is 40.2 Å². The van der Waals surface area contributed by atoms with Crippen LogP contribution in [0.3, 0.4) is 0 Å². The van der Waals surface area contributed by atoms with Gasteiger partial charge in [-0.25, -0.2) is 0 Å². The van der Waals surface area contributed by atoms with Crippen molar-refractivity contribution >= 4 is 10.1 Å². The molecule has 0 fully saturated rings. The summed E-state index contributed by atoms with van der Waals surface area (Å²) >= 11 is 0. The maximum atomic E-state index is 11.9. The predicted octanol–water partition coefficient (Wildman–Crippen LogP) is 1.32. The molecule has 0 aliphatic carbocycles. The molecule has 0 spiro atoms. The third kappa shape index (κ3) is 7.29. The van der Waals surface area contributed by atoms with Gasteiger partial charge in [-0.05, 0) is 49.2 Å². The van der Waals surface area contributed by atoms with Crippen LogP contribution in [0.25, 0.3) is 0 Å². The van der Waals surface area contributed by atoms with E-state index in [0.717, 1.165) is 24.8 Å². The van der Waals surface area contributed by atoms with Crippen LogP contribution in [0.1, 0.15) is 44.6 Å². The number of unbranched alkanes of at least 4 members (excludes halogenated alkanes) is 4. The van der Waals surface area contributed by atoms with Crippen LogP contribution in [0.15, 0.2) is 47.4 Å². The first-order valence-corrected chi connectivity index (χ1v) is 9.89. The van der Waals surface area contributed by atoms with Gasteiger partial charge in [-0.3, -0.25) is 4.55 Å². The van der Waals surface area contributed by atoms with Gasteiger partial charge in [0.25, 0.3) is 10.1 Å².